The zero-order chi connectivity index (χ0) is 27.4. The number of aliphatic hydroxyl groups is 1. The Balaban J connectivity index is 2.18. The number of Topliss-reactive ketones (excluding diaryl/α,β-unsaturated/α-hetero) is 1. The Morgan fingerprint density at radius 3 is 2.16 bits per heavy atom. The van der Waals surface area contributed by atoms with Crippen molar-refractivity contribution < 1.29 is 33.8 Å². The van der Waals surface area contributed by atoms with Crippen LogP contribution in [-0.2, 0) is 19.1 Å². The Morgan fingerprint density at radius 1 is 1.03 bits per heavy atom. The zero-order valence-corrected chi connectivity index (χ0v) is 22.0. The molecule has 1 aliphatic heterocycles. The Hall–Kier alpha value is -3.92. The van der Waals surface area contributed by atoms with Crippen molar-refractivity contribution in [3.63, 3.8) is 0 Å². The number of aromatic amines is 1. The number of benzene rings is 1. The lowest BCUT2D eigenvalue weighted by Crippen LogP contribution is -2.38. The monoisotopic (exact) mass is 511 g/mol. The number of ketones is 1. The van der Waals surface area contributed by atoms with Gasteiger partial charge < -0.3 is 29.4 Å². The Morgan fingerprint density at radius 2 is 1.62 bits per heavy atom. The van der Waals surface area contributed by atoms with Crippen molar-refractivity contribution in [2.24, 2.45) is 0 Å². The lowest BCUT2D eigenvalue weighted by atomic mass is 9.93. The third-order valence-corrected chi connectivity index (χ3v) is 6.80. The maximum atomic E-state index is 13.3. The average molecular weight is 512 g/mol. The SMILES string of the molecule is CCN(CC)CCN1C(=O)C(=O)C(=C(O)c2c(C)[nH]c(C(=O)OC)c2C)C1c1ccc(C(=O)OC)cc1. The molecule has 1 saturated heterocycles. The molecular weight excluding hydrogens is 478 g/mol. The van der Waals surface area contributed by atoms with Gasteiger partial charge in [0.1, 0.15) is 11.5 Å². The largest absolute Gasteiger partial charge is 0.507 e. The van der Waals surface area contributed by atoms with Crippen molar-refractivity contribution in [1.82, 2.24) is 14.8 Å². The van der Waals surface area contributed by atoms with E-state index in [0.29, 0.717) is 28.9 Å². The predicted molar refractivity (Wildman–Crippen MR) is 136 cm³/mol. The van der Waals surface area contributed by atoms with Crippen LogP contribution in [0, 0.1) is 13.8 Å². The molecule has 10 heteroatoms. The Kier molecular flexibility index (Phi) is 8.54. The van der Waals surface area contributed by atoms with E-state index in [1.807, 2.05) is 13.8 Å². The summed E-state index contributed by atoms with van der Waals surface area (Å²) in [6.45, 7) is 9.64. The van der Waals surface area contributed by atoms with Gasteiger partial charge in [-0.1, -0.05) is 26.0 Å². The molecule has 0 radical (unpaired) electrons. The van der Waals surface area contributed by atoms with Gasteiger partial charge in [0, 0.05) is 24.3 Å². The van der Waals surface area contributed by atoms with Crippen molar-refractivity contribution >= 4 is 29.4 Å². The second-order valence-electron chi connectivity index (χ2n) is 8.75. The lowest BCUT2D eigenvalue weighted by molar-refractivity contribution is -0.140. The molecule has 0 bridgehead atoms. The molecule has 1 amide bonds. The molecule has 1 aromatic heterocycles. The molecule has 37 heavy (non-hydrogen) atoms. The normalized spacial score (nSPS) is 16.9. The van der Waals surface area contributed by atoms with E-state index >= 15 is 0 Å². The fourth-order valence-electron chi connectivity index (χ4n) is 4.71. The minimum Gasteiger partial charge on any atom is -0.507 e. The van der Waals surface area contributed by atoms with Crippen LogP contribution in [0.4, 0.5) is 0 Å². The first-order valence-electron chi connectivity index (χ1n) is 12.1. The number of likely N-dealkylation sites (N-methyl/N-ethyl adjacent to an activating group) is 1. The molecule has 10 nitrogen and oxygen atoms in total. The summed E-state index contributed by atoms with van der Waals surface area (Å²) in [6, 6.07) is 5.48. The van der Waals surface area contributed by atoms with E-state index in [9.17, 15) is 24.3 Å². The van der Waals surface area contributed by atoms with Crippen LogP contribution in [0.25, 0.3) is 5.76 Å². The van der Waals surface area contributed by atoms with E-state index in [1.165, 1.54) is 19.1 Å². The molecule has 0 spiro atoms. The Labute approximate surface area is 215 Å². The van der Waals surface area contributed by atoms with Crippen molar-refractivity contribution in [3.8, 4) is 0 Å². The van der Waals surface area contributed by atoms with Gasteiger partial charge in [-0.3, -0.25) is 9.59 Å². The second-order valence-corrected chi connectivity index (χ2v) is 8.75. The van der Waals surface area contributed by atoms with Crippen LogP contribution in [-0.4, -0.2) is 83.9 Å². The number of amides is 1. The van der Waals surface area contributed by atoms with E-state index in [-0.39, 0.29) is 29.1 Å². The van der Waals surface area contributed by atoms with E-state index in [1.54, 1.807) is 38.1 Å². The maximum absolute atomic E-state index is 13.3. The number of methoxy groups -OCH3 is 2. The van der Waals surface area contributed by atoms with Gasteiger partial charge in [0.05, 0.1) is 31.4 Å². The number of aryl methyl sites for hydroxylation is 1. The van der Waals surface area contributed by atoms with E-state index in [2.05, 4.69) is 9.88 Å². The number of rotatable bonds is 9. The highest BCUT2D eigenvalue weighted by molar-refractivity contribution is 6.46. The number of nitrogens with zero attached hydrogens (tertiary/aromatic N) is 2. The first kappa shape index (κ1) is 27.7. The van der Waals surface area contributed by atoms with Gasteiger partial charge in [-0.25, -0.2) is 9.59 Å². The number of hydrogen-bond donors (Lipinski definition) is 2. The van der Waals surface area contributed by atoms with Crippen molar-refractivity contribution in [1.29, 1.82) is 0 Å². The summed E-state index contributed by atoms with van der Waals surface area (Å²) >= 11 is 0. The summed E-state index contributed by atoms with van der Waals surface area (Å²) in [6.07, 6.45) is 0. The first-order chi connectivity index (χ1) is 17.6. The van der Waals surface area contributed by atoms with Gasteiger partial charge in [-0.15, -0.1) is 0 Å². The van der Waals surface area contributed by atoms with Crippen LogP contribution in [0.1, 0.15) is 63.1 Å². The summed E-state index contributed by atoms with van der Waals surface area (Å²) < 4.78 is 9.58. The van der Waals surface area contributed by atoms with Crippen LogP contribution in [0.3, 0.4) is 0 Å². The zero-order valence-electron chi connectivity index (χ0n) is 22.0. The average Bonchev–Trinajstić information content (AvgIpc) is 3.35. The molecule has 2 aromatic rings. The van der Waals surface area contributed by atoms with Crippen molar-refractivity contribution in [2.45, 2.75) is 33.7 Å². The number of carbonyl (C=O) groups excluding carboxylic acids is 4. The minimum absolute atomic E-state index is 0.0861. The third-order valence-electron chi connectivity index (χ3n) is 6.80. The Bertz CT molecular complexity index is 1240. The molecule has 1 aromatic carbocycles. The quantitative estimate of drug-likeness (QED) is 0.228. The van der Waals surface area contributed by atoms with Crippen LogP contribution < -0.4 is 0 Å². The summed E-state index contributed by atoms with van der Waals surface area (Å²) in [5, 5.41) is 11.5. The number of likely N-dealkylation sites (tertiary alicyclic amines) is 1. The molecule has 198 valence electrons. The highest BCUT2D eigenvalue weighted by Crippen LogP contribution is 2.40. The lowest BCUT2D eigenvalue weighted by Gasteiger charge is -2.28. The highest BCUT2D eigenvalue weighted by Gasteiger charge is 2.46. The molecule has 2 heterocycles. The summed E-state index contributed by atoms with van der Waals surface area (Å²) in [7, 11) is 2.53. The highest BCUT2D eigenvalue weighted by atomic mass is 16.5. The van der Waals surface area contributed by atoms with Crippen LogP contribution >= 0.6 is 0 Å². The number of aliphatic hydroxyl groups excluding tert-OH is 1. The van der Waals surface area contributed by atoms with Gasteiger partial charge in [-0.2, -0.15) is 0 Å². The smallest absolute Gasteiger partial charge is 0.354 e. The number of esters is 2. The fourth-order valence-corrected chi connectivity index (χ4v) is 4.71. The summed E-state index contributed by atoms with van der Waals surface area (Å²) in [5.74, 6) is -3.06. The van der Waals surface area contributed by atoms with Crippen molar-refractivity contribution in [2.75, 3.05) is 40.4 Å². The third kappa shape index (κ3) is 5.15. The van der Waals surface area contributed by atoms with Gasteiger partial charge in [0.15, 0.2) is 0 Å². The molecule has 1 unspecified atom stereocenters. The van der Waals surface area contributed by atoms with Gasteiger partial charge >= 0.3 is 11.9 Å². The standard InChI is InChI=1S/C27H33N3O7/c1-7-29(8-2)13-14-30-22(17-9-11-18(12-10-17)26(34)36-5)20(24(32)25(30)33)23(31)19-15(3)21(27(35)37-6)28-16(19)4/h9-12,22,28,31H,7-8,13-14H2,1-6H3. The van der Waals surface area contributed by atoms with Gasteiger partial charge in [0.2, 0.25) is 0 Å². The first-order valence-corrected chi connectivity index (χ1v) is 12.1. The fraction of sp³-hybridized carbons (Fsp3) is 0.407. The molecular formula is C27H33N3O7. The number of carbonyl (C=O) groups is 4. The topological polar surface area (TPSA) is 129 Å². The van der Waals surface area contributed by atoms with Gasteiger partial charge in [0.25, 0.3) is 11.7 Å². The van der Waals surface area contributed by atoms with E-state index in [4.69, 9.17) is 9.47 Å². The molecule has 1 fully saturated rings. The molecule has 0 saturated carbocycles. The summed E-state index contributed by atoms with van der Waals surface area (Å²) in [5.41, 5.74) is 2.03. The van der Waals surface area contributed by atoms with E-state index < -0.39 is 29.7 Å². The van der Waals surface area contributed by atoms with Crippen LogP contribution in [0.5, 0.6) is 0 Å². The van der Waals surface area contributed by atoms with Gasteiger partial charge in [-0.05, 0) is 50.2 Å². The van der Waals surface area contributed by atoms with Crippen LogP contribution in [0.15, 0.2) is 29.8 Å². The number of aromatic nitrogens is 1. The molecule has 1 aliphatic rings. The molecule has 3 rings (SSSR count). The minimum atomic E-state index is -0.891. The second kappa shape index (κ2) is 11.4. The maximum Gasteiger partial charge on any atom is 0.354 e. The number of nitrogens with one attached hydrogen (secondary N) is 1. The molecule has 2 N–H and O–H groups in total. The molecule has 1 atom stereocenters. The van der Waals surface area contributed by atoms with E-state index in [0.717, 1.165) is 13.1 Å². The predicted octanol–water partition coefficient (Wildman–Crippen LogP) is 2.97. The number of ether oxygens (including phenoxy) is 2. The molecule has 0 aliphatic carbocycles. The number of H-pyrrole nitrogens is 1. The number of hydrogen-bond acceptors (Lipinski definition) is 8. The van der Waals surface area contributed by atoms with Crippen LogP contribution in [0.2, 0.25) is 0 Å². The van der Waals surface area contributed by atoms with Crippen molar-refractivity contribution in [3.05, 3.63) is 63.5 Å². The summed E-state index contributed by atoms with van der Waals surface area (Å²) in [4.78, 5) is 57.2.